The van der Waals surface area contributed by atoms with Gasteiger partial charge in [-0.15, -0.1) is 0 Å². The van der Waals surface area contributed by atoms with Crippen molar-refractivity contribution in [1.82, 2.24) is 10.3 Å². The average molecular weight is 354 g/mol. The van der Waals surface area contributed by atoms with Crippen LogP contribution in [0.1, 0.15) is 16.1 Å². The van der Waals surface area contributed by atoms with Crippen LogP contribution in [0, 0.1) is 0 Å². The highest BCUT2D eigenvalue weighted by Crippen LogP contribution is 2.27. The maximum absolute atomic E-state index is 12.6. The number of halogens is 1. The van der Waals surface area contributed by atoms with Gasteiger partial charge in [0.15, 0.2) is 0 Å². The summed E-state index contributed by atoms with van der Waals surface area (Å²) < 4.78 is 0. The number of para-hydroxylation sites is 2. The first-order chi connectivity index (χ1) is 12.0. The number of benzene rings is 2. The summed E-state index contributed by atoms with van der Waals surface area (Å²) >= 11 is 6.14. The molecular weight excluding hydrogens is 338 g/mol. The molecule has 1 unspecified atom stereocenters. The molecule has 0 saturated carbocycles. The van der Waals surface area contributed by atoms with Gasteiger partial charge >= 0.3 is 0 Å². The van der Waals surface area contributed by atoms with E-state index in [1.54, 1.807) is 24.1 Å². The summed E-state index contributed by atoms with van der Waals surface area (Å²) in [6.45, 7) is 0. The molecule has 2 amide bonds. The van der Waals surface area contributed by atoms with Gasteiger partial charge in [-0.2, -0.15) is 0 Å². The van der Waals surface area contributed by atoms with Crippen LogP contribution < -0.4 is 10.2 Å². The molecule has 0 spiro atoms. The molecule has 1 atom stereocenters. The fourth-order valence-electron chi connectivity index (χ4n) is 3.26. The molecule has 6 heteroatoms. The van der Waals surface area contributed by atoms with Gasteiger partial charge in [0.05, 0.1) is 10.5 Å². The maximum atomic E-state index is 12.6. The zero-order chi connectivity index (χ0) is 17.6. The molecule has 1 aromatic heterocycles. The number of fused-ring (bicyclic) bond motifs is 2. The number of amides is 2. The monoisotopic (exact) mass is 353 g/mol. The molecule has 3 aromatic rings. The fraction of sp³-hybridized carbons (Fsp3) is 0.158. The van der Waals surface area contributed by atoms with E-state index in [-0.39, 0.29) is 11.8 Å². The maximum Gasteiger partial charge on any atom is 0.268 e. The molecule has 2 N–H and O–H groups in total. The number of nitrogens with zero attached hydrogens (tertiary/aromatic N) is 1. The average Bonchev–Trinajstić information content (AvgIpc) is 3.05. The van der Waals surface area contributed by atoms with Gasteiger partial charge < -0.3 is 15.2 Å². The first-order valence-corrected chi connectivity index (χ1v) is 8.36. The van der Waals surface area contributed by atoms with Gasteiger partial charge in [0.25, 0.3) is 5.91 Å². The van der Waals surface area contributed by atoms with Crippen molar-refractivity contribution in [2.24, 2.45) is 0 Å². The minimum Gasteiger partial charge on any atom is -0.349 e. The van der Waals surface area contributed by atoms with Crippen LogP contribution in [0.25, 0.3) is 10.9 Å². The zero-order valence-corrected chi connectivity index (χ0v) is 14.3. The summed E-state index contributed by atoms with van der Waals surface area (Å²) in [5, 5.41) is 4.24. The number of carbonyl (C=O) groups excluding carboxylic acids is 2. The molecular formula is C19H16ClN3O2. The van der Waals surface area contributed by atoms with E-state index in [2.05, 4.69) is 10.3 Å². The number of likely N-dealkylation sites (N-methyl/N-ethyl adjacent to an activating group) is 1. The number of aromatic amines is 1. The van der Waals surface area contributed by atoms with E-state index in [1.807, 2.05) is 36.4 Å². The van der Waals surface area contributed by atoms with Crippen LogP contribution in [0.3, 0.4) is 0 Å². The number of H-pyrrole nitrogens is 1. The van der Waals surface area contributed by atoms with Gasteiger partial charge in [0.2, 0.25) is 5.91 Å². The van der Waals surface area contributed by atoms with Crippen LogP contribution in [-0.2, 0) is 11.2 Å². The Hall–Kier alpha value is -2.79. The van der Waals surface area contributed by atoms with E-state index in [0.29, 0.717) is 22.7 Å². The number of hydrogen-bond donors (Lipinski definition) is 2. The molecule has 0 aliphatic carbocycles. The lowest BCUT2D eigenvalue weighted by atomic mass is 9.97. The number of aromatic nitrogens is 1. The van der Waals surface area contributed by atoms with E-state index in [1.165, 1.54) is 0 Å². The highest BCUT2D eigenvalue weighted by Gasteiger charge is 2.31. The molecule has 0 radical (unpaired) electrons. The molecule has 5 nitrogen and oxygen atoms in total. The zero-order valence-electron chi connectivity index (χ0n) is 13.5. The second-order valence-corrected chi connectivity index (χ2v) is 6.55. The lowest BCUT2D eigenvalue weighted by Crippen LogP contribution is -2.51. The van der Waals surface area contributed by atoms with Crippen LogP contribution in [0.4, 0.5) is 5.69 Å². The van der Waals surface area contributed by atoms with E-state index >= 15 is 0 Å². The first kappa shape index (κ1) is 15.7. The molecule has 126 valence electrons. The Kier molecular flexibility index (Phi) is 3.73. The van der Waals surface area contributed by atoms with Crippen molar-refractivity contribution in [2.75, 3.05) is 11.9 Å². The van der Waals surface area contributed by atoms with Crippen molar-refractivity contribution in [3.05, 3.63) is 64.8 Å². The van der Waals surface area contributed by atoms with Gasteiger partial charge in [0.1, 0.15) is 11.7 Å². The number of nitrogens with one attached hydrogen (secondary N) is 2. The Labute approximate surface area is 149 Å². The van der Waals surface area contributed by atoms with E-state index in [9.17, 15) is 9.59 Å². The van der Waals surface area contributed by atoms with Gasteiger partial charge in [-0.25, -0.2) is 0 Å². The molecule has 0 saturated heterocycles. The normalized spacial score (nSPS) is 16.8. The predicted octanol–water partition coefficient (Wildman–Crippen LogP) is 3.14. The van der Waals surface area contributed by atoms with Gasteiger partial charge in [-0.3, -0.25) is 9.59 Å². The molecule has 4 rings (SSSR count). The molecule has 0 bridgehead atoms. The van der Waals surface area contributed by atoms with Crippen LogP contribution in [0.15, 0.2) is 48.5 Å². The quantitative estimate of drug-likeness (QED) is 0.743. The van der Waals surface area contributed by atoms with Crippen LogP contribution in [0.2, 0.25) is 5.02 Å². The molecule has 1 aliphatic heterocycles. The summed E-state index contributed by atoms with van der Waals surface area (Å²) in [5.74, 6) is -0.445. The standard InChI is InChI=1S/C19H16ClN3O2/c1-23-16-8-3-2-5-11(16)9-15(19(23)25)22-18(24)14-10-12-6-4-7-13(20)17(12)21-14/h2-8,10,15,21H,9H2,1H3,(H,22,24). The van der Waals surface area contributed by atoms with Crippen molar-refractivity contribution in [3.8, 4) is 0 Å². The third-order valence-electron chi connectivity index (χ3n) is 4.56. The number of anilines is 1. The van der Waals surface area contributed by atoms with E-state index in [4.69, 9.17) is 11.6 Å². The summed E-state index contributed by atoms with van der Waals surface area (Å²) in [5.41, 5.74) is 3.02. The summed E-state index contributed by atoms with van der Waals surface area (Å²) in [4.78, 5) is 29.8. The highest BCUT2D eigenvalue weighted by molar-refractivity contribution is 6.35. The first-order valence-electron chi connectivity index (χ1n) is 7.98. The second-order valence-electron chi connectivity index (χ2n) is 6.14. The molecule has 2 heterocycles. The van der Waals surface area contributed by atoms with Crippen LogP contribution in [-0.4, -0.2) is 29.9 Å². The van der Waals surface area contributed by atoms with Crippen LogP contribution >= 0.6 is 11.6 Å². The fourth-order valence-corrected chi connectivity index (χ4v) is 3.49. The van der Waals surface area contributed by atoms with Gasteiger partial charge in [-0.1, -0.05) is 41.9 Å². The second kappa shape index (κ2) is 5.93. The summed E-state index contributed by atoms with van der Waals surface area (Å²) in [6, 6.07) is 14.3. The van der Waals surface area contributed by atoms with Crippen molar-refractivity contribution in [3.63, 3.8) is 0 Å². The SMILES string of the molecule is CN1C(=O)C(NC(=O)c2cc3cccc(Cl)c3[nH]2)Cc2ccccc21. The minimum atomic E-state index is -0.589. The van der Waals surface area contributed by atoms with Gasteiger partial charge in [-0.05, 0) is 23.8 Å². The Bertz CT molecular complexity index is 995. The van der Waals surface area contributed by atoms with Crippen molar-refractivity contribution in [2.45, 2.75) is 12.5 Å². The predicted molar refractivity (Wildman–Crippen MR) is 98.1 cm³/mol. The highest BCUT2D eigenvalue weighted by atomic mass is 35.5. The number of carbonyl (C=O) groups is 2. The Morgan fingerprint density at radius 2 is 2.04 bits per heavy atom. The minimum absolute atomic E-state index is 0.124. The van der Waals surface area contributed by atoms with Crippen molar-refractivity contribution >= 4 is 40.0 Å². The molecule has 1 aliphatic rings. The largest absolute Gasteiger partial charge is 0.349 e. The third kappa shape index (κ3) is 2.66. The van der Waals surface area contributed by atoms with Crippen molar-refractivity contribution in [1.29, 1.82) is 0 Å². The number of hydrogen-bond acceptors (Lipinski definition) is 2. The molecule has 2 aromatic carbocycles. The van der Waals surface area contributed by atoms with E-state index in [0.717, 1.165) is 16.6 Å². The number of rotatable bonds is 2. The van der Waals surface area contributed by atoms with E-state index < -0.39 is 6.04 Å². The van der Waals surface area contributed by atoms with Gasteiger partial charge in [0, 0.05) is 24.5 Å². The Morgan fingerprint density at radius 3 is 2.84 bits per heavy atom. The lowest BCUT2D eigenvalue weighted by molar-refractivity contribution is -0.120. The lowest BCUT2D eigenvalue weighted by Gasteiger charge is -2.31. The molecule has 0 fully saturated rings. The third-order valence-corrected chi connectivity index (χ3v) is 4.88. The van der Waals surface area contributed by atoms with Crippen LogP contribution in [0.5, 0.6) is 0 Å². The Morgan fingerprint density at radius 1 is 1.24 bits per heavy atom. The summed E-state index contributed by atoms with van der Waals surface area (Å²) in [6.07, 6.45) is 0.478. The molecule has 25 heavy (non-hydrogen) atoms. The Balaban J connectivity index is 1.60. The summed E-state index contributed by atoms with van der Waals surface area (Å²) in [7, 11) is 1.72. The topological polar surface area (TPSA) is 65.2 Å². The smallest absolute Gasteiger partial charge is 0.268 e. The van der Waals surface area contributed by atoms with Crippen molar-refractivity contribution < 1.29 is 9.59 Å².